The molecular formula is C13H18NO4S-. The van der Waals surface area contributed by atoms with E-state index in [9.17, 15) is 18.7 Å². The number of unbranched alkanes of at least 4 members (excludes halogenated alkanes) is 1. The van der Waals surface area contributed by atoms with Crippen molar-refractivity contribution in [3.8, 4) is 0 Å². The molecule has 1 aromatic rings. The second kappa shape index (κ2) is 6.79. The number of amides is 1. The van der Waals surface area contributed by atoms with E-state index < -0.39 is 16.0 Å². The van der Waals surface area contributed by atoms with Gasteiger partial charge in [-0.15, -0.1) is 0 Å². The number of anilines is 1. The molecule has 5 nitrogen and oxygen atoms in total. The largest absolute Gasteiger partial charge is 0.770 e. The van der Waals surface area contributed by atoms with Crippen LogP contribution in [0.15, 0.2) is 24.3 Å². The number of hydrogen-bond donors (Lipinski definition) is 2. The molecule has 0 fully saturated rings. The van der Waals surface area contributed by atoms with Crippen molar-refractivity contribution in [3.05, 3.63) is 29.8 Å². The first-order valence-corrected chi connectivity index (χ1v) is 7.17. The minimum atomic E-state index is -2.62. The second-order valence-corrected chi connectivity index (χ2v) is 5.53. The average molecular weight is 284 g/mol. The van der Waals surface area contributed by atoms with Crippen LogP contribution in [0.5, 0.6) is 0 Å². The number of benzene rings is 1. The SMILES string of the molecule is CCCCC(O)(c1ccc(NC(C)=O)cc1)S(=O)[O-]. The Kier molecular flexibility index (Phi) is 5.65. The minimum absolute atomic E-state index is 0.152. The smallest absolute Gasteiger partial charge is 0.221 e. The van der Waals surface area contributed by atoms with Gasteiger partial charge in [0.15, 0.2) is 4.93 Å². The lowest BCUT2D eigenvalue weighted by molar-refractivity contribution is -0.114. The molecule has 0 spiro atoms. The standard InChI is InChI=1S/C13H19NO4S/c1-3-4-9-13(16,19(17)18)11-5-7-12(8-6-11)14-10(2)15/h5-8,16H,3-4,9H2,1-2H3,(H,14,15)(H,17,18)/p-1. The molecule has 0 aliphatic carbocycles. The van der Waals surface area contributed by atoms with Crippen LogP contribution in [-0.2, 0) is 20.8 Å². The molecule has 1 amide bonds. The molecule has 0 aromatic heterocycles. The molecule has 6 heteroatoms. The number of hydrogen-bond acceptors (Lipinski definition) is 4. The average Bonchev–Trinajstić information content (AvgIpc) is 2.35. The van der Waals surface area contributed by atoms with Crippen LogP contribution in [0.4, 0.5) is 5.69 Å². The predicted octanol–water partition coefficient (Wildman–Crippen LogP) is 1.86. The van der Waals surface area contributed by atoms with Gasteiger partial charge in [-0.3, -0.25) is 9.00 Å². The van der Waals surface area contributed by atoms with E-state index in [1.54, 1.807) is 12.1 Å². The van der Waals surface area contributed by atoms with E-state index in [0.29, 0.717) is 17.7 Å². The van der Waals surface area contributed by atoms with Gasteiger partial charge >= 0.3 is 0 Å². The quantitative estimate of drug-likeness (QED) is 0.780. The Labute approximate surface area is 115 Å². The maximum Gasteiger partial charge on any atom is 0.221 e. The maximum absolute atomic E-state index is 11.3. The fraction of sp³-hybridized carbons (Fsp3) is 0.462. The van der Waals surface area contributed by atoms with Crippen LogP contribution in [-0.4, -0.2) is 19.8 Å². The van der Waals surface area contributed by atoms with Crippen LogP contribution in [0.1, 0.15) is 38.7 Å². The summed E-state index contributed by atoms with van der Waals surface area (Å²) in [6, 6.07) is 6.16. The lowest BCUT2D eigenvalue weighted by Crippen LogP contribution is -2.31. The topological polar surface area (TPSA) is 89.5 Å². The van der Waals surface area contributed by atoms with Gasteiger partial charge in [-0.2, -0.15) is 0 Å². The van der Waals surface area contributed by atoms with E-state index in [1.165, 1.54) is 19.1 Å². The second-order valence-electron chi connectivity index (χ2n) is 4.38. The molecule has 19 heavy (non-hydrogen) atoms. The molecule has 1 aromatic carbocycles. The van der Waals surface area contributed by atoms with Gasteiger partial charge in [-0.1, -0.05) is 25.5 Å². The highest BCUT2D eigenvalue weighted by atomic mass is 32.2. The third kappa shape index (κ3) is 4.12. The Hall–Kier alpha value is -1.24. The lowest BCUT2D eigenvalue weighted by atomic mass is 10.0. The molecule has 2 unspecified atom stereocenters. The van der Waals surface area contributed by atoms with Gasteiger partial charge < -0.3 is 15.0 Å². The minimum Gasteiger partial charge on any atom is -0.770 e. The van der Waals surface area contributed by atoms with E-state index >= 15 is 0 Å². The first kappa shape index (κ1) is 15.8. The summed E-state index contributed by atoms with van der Waals surface area (Å²) in [6.07, 6.45) is 1.56. The van der Waals surface area contributed by atoms with Crippen molar-refractivity contribution in [1.82, 2.24) is 0 Å². The Morgan fingerprint density at radius 3 is 2.42 bits per heavy atom. The Morgan fingerprint density at radius 1 is 1.42 bits per heavy atom. The van der Waals surface area contributed by atoms with E-state index in [1.807, 2.05) is 6.92 Å². The zero-order chi connectivity index (χ0) is 14.5. The summed E-state index contributed by atoms with van der Waals surface area (Å²) in [5.74, 6) is -0.207. The third-order valence-electron chi connectivity index (χ3n) is 2.80. The van der Waals surface area contributed by atoms with Gasteiger partial charge in [0.2, 0.25) is 5.91 Å². The normalized spacial score (nSPS) is 15.6. The molecule has 0 saturated carbocycles. The van der Waals surface area contributed by atoms with Gasteiger partial charge in [0.25, 0.3) is 0 Å². The summed E-state index contributed by atoms with van der Waals surface area (Å²) in [5.41, 5.74) is 0.870. The Bertz CT molecular complexity index is 460. The van der Waals surface area contributed by atoms with Crippen molar-refractivity contribution in [1.29, 1.82) is 0 Å². The summed E-state index contributed by atoms with van der Waals surface area (Å²) in [4.78, 5) is 9.02. The summed E-state index contributed by atoms with van der Waals surface area (Å²) >= 11 is -2.62. The summed E-state index contributed by atoms with van der Waals surface area (Å²) < 4.78 is 22.5. The fourth-order valence-electron chi connectivity index (χ4n) is 1.76. The van der Waals surface area contributed by atoms with E-state index in [0.717, 1.165) is 6.42 Å². The van der Waals surface area contributed by atoms with Gasteiger partial charge in [0.1, 0.15) is 0 Å². The number of nitrogens with one attached hydrogen (secondary N) is 1. The van der Waals surface area contributed by atoms with Crippen LogP contribution >= 0.6 is 0 Å². The number of carbonyl (C=O) groups excluding carboxylic acids is 1. The molecule has 2 atom stereocenters. The third-order valence-corrected chi connectivity index (χ3v) is 3.79. The fourth-order valence-corrected chi connectivity index (χ4v) is 2.40. The molecule has 0 aliphatic rings. The first-order valence-electron chi connectivity index (χ1n) is 6.10. The molecule has 1 rings (SSSR count). The van der Waals surface area contributed by atoms with E-state index in [4.69, 9.17) is 0 Å². The van der Waals surface area contributed by atoms with Crippen molar-refractivity contribution >= 4 is 22.7 Å². The molecular weight excluding hydrogens is 266 g/mol. The van der Waals surface area contributed by atoms with Gasteiger partial charge in [-0.05, 0) is 41.6 Å². The number of carbonyl (C=O) groups is 1. The lowest BCUT2D eigenvalue weighted by Gasteiger charge is -2.31. The van der Waals surface area contributed by atoms with Crippen LogP contribution < -0.4 is 5.32 Å². The van der Waals surface area contributed by atoms with E-state index in [2.05, 4.69) is 5.32 Å². The first-order chi connectivity index (χ1) is 8.90. The number of rotatable bonds is 6. The molecule has 0 aliphatic heterocycles. The summed E-state index contributed by atoms with van der Waals surface area (Å²) in [6.45, 7) is 3.31. The van der Waals surface area contributed by atoms with Crippen molar-refractivity contribution in [3.63, 3.8) is 0 Å². The van der Waals surface area contributed by atoms with E-state index in [-0.39, 0.29) is 12.3 Å². The van der Waals surface area contributed by atoms with Crippen molar-refractivity contribution in [2.75, 3.05) is 5.32 Å². The summed E-state index contributed by atoms with van der Waals surface area (Å²) in [7, 11) is 0. The number of aliphatic hydroxyl groups is 1. The summed E-state index contributed by atoms with van der Waals surface area (Å²) in [5, 5.41) is 12.8. The zero-order valence-corrected chi connectivity index (χ0v) is 11.8. The van der Waals surface area contributed by atoms with Crippen LogP contribution in [0.25, 0.3) is 0 Å². The van der Waals surface area contributed by atoms with Crippen molar-refractivity contribution < 1.29 is 18.7 Å². The van der Waals surface area contributed by atoms with Gasteiger partial charge in [0, 0.05) is 12.6 Å². The molecule has 0 saturated heterocycles. The molecule has 0 radical (unpaired) electrons. The Morgan fingerprint density at radius 2 is 2.00 bits per heavy atom. The monoisotopic (exact) mass is 284 g/mol. The predicted molar refractivity (Wildman–Crippen MR) is 73.1 cm³/mol. The highest BCUT2D eigenvalue weighted by Crippen LogP contribution is 2.30. The highest BCUT2D eigenvalue weighted by Gasteiger charge is 2.29. The van der Waals surface area contributed by atoms with Gasteiger partial charge in [-0.25, -0.2) is 0 Å². The van der Waals surface area contributed by atoms with Crippen LogP contribution in [0, 0.1) is 0 Å². The molecule has 0 bridgehead atoms. The van der Waals surface area contributed by atoms with Crippen LogP contribution in [0.2, 0.25) is 0 Å². The van der Waals surface area contributed by atoms with Crippen molar-refractivity contribution in [2.24, 2.45) is 0 Å². The van der Waals surface area contributed by atoms with Crippen LogP contribution in [0.3, 0.4) is 0 Å². The van der Waals surface area contributed by atoms with Crippen molar-refractivity contribution in [2.45, 2.75) is 38.0 Å². The molecule has 106 valence electrons. The zero-order valence-electron chi connectivity index (χ0n) is 11.0. The molecule has 0 heterocycles. The Balaban J connectivity index is 2.97. The maximum atomic E-state index is 11.3. The highest BCUT2D eigenvalue weighted by molar-refractivity contribution is 7.80. The molecule has 2 N–H and O–H groups in total. The van der Waals surface area contributed by atoms with Gasteiger partial charge in [0.05, 0.1) is 0 Å².